The molecular formula is C16H19N3. The minimum Gasteiger partial charge on any atom is -0.356 e. The zero-order valence-corrected chi connectivity index (χ0v) is 11.7. The second-order valence-corrected chi connectivity index (χ2v) is 5.10. The van der Waals surface area contributed by atoms with Gasteiger partial charge in [0, 0.05) is 18.5 Å². The summed E-state index contributed by atoms with van der Waals surface area (Å²) in [6.45, 7) is 8.22. The van der Waals surface area contributed by atoms with Crippen LogP contribution in [0.1, 0.15) is 26.3 Å². The van der Waals surface area contributed by atoms with Crippen molar-refractivity contribution in [2.24, 2.45) is 5.92 Å². The Kier molecular flexibility index (Phi) is 4.01. The van der Waals surface area contributed by atoms with Crippen molar-refractivity contribution < 1.29 is 0 Å². The molecule has 1 aromatic carbocycles. The topological polar surface area (TPSA) is 39.9 Å². The van der Waals surface area contributed by atoms with Crippen molar-refractivity contribution >= 4 is 16.7 Å². The average molecular weight is 253 g/mol. The maximum Gasteiger partial charge on any atom is 0.147 e. The molecule has 0 aliphatic heterocycles. The molecule has 3 heteroatoms. The van der Waals surface area contributed by atoms with Crippen LogP contribution in [0, 0.1) is 17.2 Å². The quantitative estimate of drug-likeness (QED) is 0.836. The first-order valence-corrected chi connectivity index (χ1v) is 6.70. The van der Waals surface area contributed by atoms with Gasteiger partial charge in [-0.1, -0.05) is 32.0 Å². The van der Waals surface area contributed by atoms with Crippen LogP contribution < -0.4 is 4.90 Å². The minimum absolute atomic E-state index is 0.541. The van der Waals surface area contributed by atoms with E-state index in [2.05, 4.69) is 36.7 Å². The second kappa shape index (κ2) is 5.71. The minimum atomic E-state index is 0.541. The number of fused-ring (bicyclic) bond motifs is 1. The molecule has 0 unspecified atom stereocenters. The largest absolute Gasteiger partial charge is 0.356 e. The van der Waals surface area contributed by atoms with E-state index < -0.39 is 0 Å². The monoisotopic (exact) mass is 253 g/mol. The molecule has 19 heavy (non-hydrogen) atoms. The van der Waals surface area contributed by atoms with E-state index in [9.17, 15) is 5.26 Å². The van der Waals surface area contributed by atoms with E-state index in [4.69, 9.17) is 0 Å². The van der Waals surface area contributed by atoms with E-state index >= 15 is 0 Å². The summed E-state index contributed by atoms with van der Waals surface area (Å²) in [6, 6.07) is 12.1. The predicted octanol–water partition coefficient (Wildman–Crippen LogP) is 3.59. The van der Waals surface area contributed by atoms with Crippen molar-refractivity contribution in [2.75, 3.05) is 18.0 Å². The Morgan fingerprint density at radius 1 is 1.32 bits per heavy atom. The molecule has 0 bridgehead atoms. The Morgan fingerprint density at radius 2 is 2.05 bits per heavy atom. The predicted molar refractivity (Wildman–Crippen MR) is 79.2 cm³/mol. The highest BCUT2D eigenvalue weighted by atomic mass is 15.2. The van der Waals surface area contributed by atoms with Crippen LogP contribution in [0.5, 0.6) is 0 Å². The van der Waals surface area contributed by atoms with Gasteiger partial charge in [0.25, 0.3) is 0 Å². The van der Waals surface area contributed by atoms with E-state index in [0.29, 0.717) is 11.5 Å². The van der Waals surface area contributed by atoms with E-state index in [1.54, 1.807) is 0 Å². The van der Waals surface area contributed by atoms with E-state index in [1.807, 2.05) is 30.3 Å². The van der Waals surface area contributed by atoms with Gasteiger partial charge < -0.3 is 4.90 Å². The molecule has 0 N–H and O–H groups in total. The van der Waals surface area contributed by atoms with Crippen molar-refractivity contribution in [3.63, 3.8) is 0 Å². The van der Waals surface area contributed by atoms with E-state index in [0.717, 1.165) is 29.8 Å². The molecule has 0 atom stereocenters. The molecule has 0 saturated heterocycles. The summed E-state index contributed by atoms with van der Waals surface area (Å²) in [4.78, 5) is 6.85. The average Bonchev–Trinajstić information content (AvgIpc) is 2.43. The lowest BCUT2D eigenvalue weighted by molar-refractivity contribution is 0.614. The maximum atomic E-state index is 9.34. The Bertz CT molecular complexity index is 611. The molecule has 3 nitrogen and oxygen atoms in total. The molecule has 1 aromatic heterocycles. The fourth-order valence-electron chi connectivity index (χ4n) is 2.24. The van der Waals surface area contributed by atoms with Gasteiger partial charge in [0.1, 0.15) is 11.9 Å². The van der Waals surface area contributed by atoms with Gasteiger partial charge in [-0.15, -0.1) is 0 Å². The van der Waals surface area contributed by atoms with Gasteiger partial charge in [0.05, 0.1) is 11.1 Å². The molecule has 0 aliphatic rings. The maximum absolute atomic E-state index is 9.34. The summed E-state index contributed by atoms with van der Waals surface area (Å²) in [6.07, 6.45) is 0. The van der Waals surface area contributed by atoms with Gasteiger partial charge in [-0.05, 0) is 25.0 Å². The number of hydrogen-bond donors (Lipinski definition) is 0. The standard InChI is InChI=1S/C16H19N3/c1-4-19(11-12(2)3)16-14(10-17)9-13-7-5-6-8-15(13)18-16/h5-9,12H,4,11H2,1-3H3. The molecule has 0 fully saturated rings. The number of nitriles is 1. The number of benzene rings is 1. The number of aromatic nitrogens is 1. The smallest absolute Gasteiger partial charge is 0.147 e. The van der Waals surface area contributed by atoms with Gasteiger partial charge in [-0.25, -0.2) is 4.98 Å². The van der Waals surface area contributed by atoms with Crippen molar-refractivity contribution in [1.29, 1.82) is 5.26 Å². The third-order valence-corrected chi connectivity index (χ3v) is 3.09. The van der Waals surface area contributed by atoms with Crippen LogP contribution >= 0.6 is 0 Å². The van der Waals surface area contributed by atoms with Crippen LogP contribution in [0.2, 0.25) is 0 Å². The first kappa shape index (κ1) is 13.4. The SMILES string of the molecule is CCN(CC(C)C)c1nc2ccccc2cc1C#N. The van der Waals surface area contributed by atoms with Gasteiger partial charge in [-0.3, -0.25) is 0 Å². The van der Waals surface area contributed by atoms with Crippen molar-refractivity contribution in [3.05, 3.63) is 35.9 Å². The Labute approximate surface area is 114 Å². The highest BCUT2D eigenvalue weighted by molar-refractivity contribution is 5.83. The fraction of sp³-hybridized carbons (Fsp3) is 0.375. The summed E-state index contributed by atoms with van der Waals surface area (Å²) < 4.78 is 0. The normalized spacial score (nSPS) is 10.7. The second-order valence-electron chi connectivity index (χ2n) is 5.10. The summed E-state index contributed by atoms with van der Waals surface area (Å²) in [7, 11) is 0. The molecule has 0 radical (unpaired) electrons. The van der Waals surface area contributed by atoms with Crippen LogP contribution in [0.4, 0.5) is 5.82 Å². The first-order valence-electron chi connectivity index (χ1n) is 6.70. The lowest BCUT2D eigenvalue weighted by Gasteiger charge is -2.25. The van der Waals surface area contributed by atoms with Crippen LogP contribution in [0.3, 0.4) is 0 Å². The number of pyridine rings is 1. The number of anilines is 1. The highest BCUT2D eigenvalue weighted by Gasteiger charge is 2.14. The zero-order chi connectivity index (χ0) is 13.8. The Hall–Kier alpha value is -2.08. The molecule has 2 aromatic rings. The van der Waals surface area contributed by atoms with Gasteiger partial charge >= 0.3 is 0 Å². The number of hydrogen-bond acceptors (Lipinski definition) is 3. The van der Waals surface area contributed by atoms with E-state index in [1.165, 1.54) is 0 Å². The molecule has 2 rings (SSSR count). The van der Waals surface area contributed by atoms with Crippen molar-refractivity contribution in [1.82, 2.24) is 4.98 Å². The van der Waals surface area contributed by atoms with Crippen LogP contribution in [-0.2, 0) is 0 Å². The number of nitrogens with zero attached hydrogens (tertiary/aromatic N) is 3. The van der Waals surface area contributed by atoms with E-state index in [-0.39, 0.29) is 0 Å². The molecule has 1 heterocycles. The zero-order valence-electron chi connectivity index (χ0n) is 11.7. The van der Waals surface area contributed by atoms with Crippen molar-refractivity contribution in [2.45, 2.75) is 20.8 Å². The van der Waals surface area contributed by atoms with Gasteiger partial charge in [-0.2, -0.15) is 5.26 Å². The summed E-state index contributed by atoms with van der Waals surface area (Å²) in [5.74, 6) is 1.34. The molecule has 98 valence electrons. The van der Waals surface area contributed by atoms with Crippen LogP contribution in [0.15, 0.2) is 30.3 Å². The van der Waals surface area contributed by atoms with Crippen LogP contribution in [0.25, 0.3) is 10.9 Å². The van der Waals surface area contributed by atoms with Gasteiger partial charge in [0.15, 0.2) is 0 Å². The molecule has 0 amide bonds. The third-order valence-electron chi connectivity index (χ3n) is 3.09. The number of para-hydroxylation sites is 1. The molecular weight excluding hydrogens is 234 g/mol. The molecule has 0 saturated carbocycles. The summed E-state index contributed by atoms with van der Waals surface area (Å²) in [5, 5.41) is 10.4. The molecule has 0 spiro atoms. The van der Waals surface area contributed by atoms with Crippen LogP contribution in [-0.4, -0.2) is 18.1 Å². The molecule has 0 aliphatic carbocycles. The van der Waals surface area contributed by atoms with Gasteiger partial charge in [0.2, 0.25) is 0 Å². The number of rotatable bonds is 4. The summed E-state index contributed by atoms with van der Waals surface area (Å²) in [5.41, 5.74) is 1.60. The van der Waals surface area contributed by atoms with Crippen molar-refractivity contribution in [3.8, 4) is 6.07 Å². The Balaban J connectivity index is 2.54. The third kappa shape index (κ3) is 2.85. The lowest BCUT2D eigenvalue weighted by atomic mass is 10.1. The lowest BCUT2D eigenvalue weighted by Crippen LogP contribution is -2.28. The summed E-state index contributed by atoms with van der Waals surface area (Å²) >= 11 is 0. The first-order chi connectivity index (χ1) is 9.15. The highest BCUT2D eigenvalue weighted by Crippen LogP contribution is 2.23. The Morgan fingerprint density at radius 3 is 2.68 bits per heavy atom. The fourth-order valence-corrected chi connectivity index (χ4v) is 2.24.